The molecular formula is C16H19N3O2S2. The number of sulfonamides is 1. The SMILES string of the molecule is Cc1ccc2sc(S(=O)(=O)Nc3c(C)nn(C)c3C)c(C)c2c1. The van der Waals surface area contributed by atoms with Crippen molar-refractivity contribution in [1.82, 2.24) is 9.78 Å². The van der Waals surface area contributed by atoms with Gasteiger partial charge in [-0.1, -0.05) is 17.7 Å². The Morgan fingerprint density at radius 1 is 1.17 bits per heavy atom. The first-order valence-corrected chi connectivity index (χ1v) is 9.53. The lowest BCUT2D eigenvalue weighted by Crippen LogP contribution is -2.13. The molecule has 0 aliphatic carbocycles. The van der Waals surface area contributed by atoms with Gasteiger partial charge in [-0.2, -0.15) is 5.10 Å². The molecule has 0 aliphatic rings. The average molecular weight is 349 g/mol. The Kier molecular flexibility index (Phi) is 3.72. The molecule has 0 saturated heterocycles. The van der Waals surface area contributed by atoms with Gasteiger partial charge in [-0.25, -0.2) is 8.42 Å². The molecule has 0 saturated carbocycles. The van der Waals surface area contributed by atoms with Crippen LogP contribution in [0, 0.1) is 27.7 Å². The van der Waals surface area contributed by atoms with Crippen LogP contribution in [-0.2, 0) is 17.1 Å². The third-order valence-corrected chi connectivity index (χ3v) is 7.28. The van der Waals surface area contributed by atoms with Crippen LogP contribution in [-0.4, -0.2) is 18.2 Å². The number of hydrogen-bond acceptors (Lipinski definition) is 4. The van der Waals surface area contributed by atoms with Gasteiger partial charge in [-0.3, -0.25) is 9.40 Å². The van der Waals surface area contributed by atoms with Gasteiger partial charge in [0, 0.05) is 11.7 Å². The number of aryl methyl sites for hydroxylation is 4. The Bertz CT molecular complexity index is 1010. The Labute approximate surface area is 140 Å². The minimum atomic E-state index is -3.64. The molecule has 0 amide bonds. The number of benzene rings is 1. The second-order valence-electron chi connectivity index (χ2n) is 5.79. The molecule has 0 atom stereocenters. The van der Waals surface area contributed by atoms with Crippen molar-refractivity contribution in [2.24, 2.45) is 7.05 Å². The van der Waals surface area contributed by atoms with Crippen LogP contribution >= 0.6 is 11.3 Å². The summed E-state index contributed by atoms with van der Waals surface area (Å²) in [7, 11) is -1.84. The van der Waals surface area contributed by atoms with E-state index in [9.17, 15) is 8.42 Å². The molecule has 1 N–H and O–H groups in total. The zero-order valence-electron chi connectivity index (χ0n) is 13.8. The van der Waals surface area contributed by atoms with E-state index in [1.54, 1.807) is 18.7 Å². The third kappa shape index (κ3) is 2.64. The zero-order chi connectivity index (χ0) is 16.9. The van der Waals surface area contributed by atoms with E-state index in [1.165, 1.54) is 11.3 Å². The zero-order valence-corrected chi connectivity index (χ0v) is 15.4. The summed E-state index contributed by atoms with van der Waals surface area (Å²) in [6, 6.07) is 6.00. The van der Waals surface area contributed by atoms with Crippen LogP contribution in [0.2, 0.25) is 0 Å². The summed E-state index contributed by atoms with van der Waals surface area (Å²) in [5.74, 6) is 0. The number of nitrogens with one attached hydrogen (secondary N) is 1. The normalized spacial score (nSPS) is 12.0. The fourth-order valence-electron chi connectivity index (χ4n) is 2.67. The summed E-state index contributed by atoms with van der Waals surface area (Å²) in [6.07, 6.45) is 0. The largest absolute Gasteiger partial charge is 0.275 e. The Hall–Kier alpha value is -1.86. The van der Waals surface area contributed by atoms with E-state index in [1.807, 2.05) is 39.0 Å². The van der Waals surface area contributed by atoms with Crippen LogP contribution in [0.3, 0.4) is 0 Å². The van der Waals surface area contributed by atoms with E-state index >= 15 is 0 Å². The minimum Gasteiger partial charge on any atom is -0.275 e. The Morgan fingerprint density at radius 3 is 2.48 bits per heavy atom. The van der Waals surface area contributed by atoms with Crippen LogP contribution < -0.4 is 4.72 Å². The maximum atomic E-state index is 12.9. The van der Waals surface area contributed by atoms with Crippen LogP contribution in [0.4, 0.5) is 5.69 Å². The van der Waals surface area contributed by atoms with Crippen molar-refractivity contribution in [1.29, 1.82) is 0 Å². The highest BCUT2D eigenvalue weighted by molar-refractivity contribution is 7.94. The summed E-state index contributed by atoms with van der Waals surface area (Å²) in [5.41, 5.74) is 3.93. The van der Waals surface area contributed by atoms with Crippen molar-refractivity contribution in [3.8, 4) is 0 Å². The standard InChI is InChI=1S/C16H19N3O2S2/c1-9-6-7-14-13(8-9)10(2)16(22-14)23(20,21)18-15-11(3)17-19(5)12(15)4/h6-8,18H,1-5H3. The molecule has 0 spiro atoms. The molecule has 3 rings (SSSR count). The number of nitrogens with zero attached hydrogens (tertiary/aromatic N) is 2. The molecule has 0 radical (unpaired) electrons. The topological polar surface area (TPSA) is 64.0 Å². The Balaban J connectivity index is 2.11. The number of thiophene rings is 1. The monoisotopic (exact) mass is 349 g/mol. The number of aromatic nitrogens is 2. The summed E-state index contributed by atoms with van der Waals surface area (Å²) in [6.45, 7) is 7.51. The second-order valence-corrected chi connectivity index (χ2v) is 8.72. The summed E-state index contributed by atoms with van der Waals surface area (Å²) >= 11 is 1.30. The molecule has 1 aromatic carbocycles. The van der Waals surface area contributed by atoms with Gasteiger partial charge in [0.25, 0.3) is 10.0 Å². The van der Waals surface area contributed by atoms with Gasteiger partial charge in [0.05, 0.1) is 17.1 Å². The lowest BCUT2D eigenvalue weighted by Gasteiger charge is -2.07. The highest BCUT2D eigenvalue weighted by Gasteiger charge is 2.24. The molecule has 0 fully saturated rings. The first kappa shape index (κ1) is 16.0. The fourth-order valence-corrected chi connectivity index (χ4v) is 5.59. The number of rotatable bonds is 3. The summed E-state index contributed by atoms with van der Waals surface area (Å²) in [4.78, 5) is 0. The van der Waals surface area contributed by atoms with Crippen LogP contribution in [0.25, 0.3) is 10.1 Å². The number of hydrogen-bond donors (Lipinski definition) is 1. The molecule has 2 heterocycles. The van der Waals surface area contributed by atoms with E-state index in [4.69, 9.17) is 0 Å². The molecule has 0 aliphatic heterocycles. The lowest BCUT2D eigenvalue weighted by molar-refractivity contribution is 0.602. The van der Waals surface area contributed by atoms with E-state index in [0.717, 1.165) is 26.9 Å². The van der Waals surface area contributed by atoms with Crippen LogP contribution in [0.1, 0.15) is 22.5 Å². The first-order valence-electron chi connectivity index (χ1n) is 7.23. The van der Waals surface area contributed by atoms with Crippen molar-refractivity contribution in [3.63, 3.8) is 0 Å². The molecule has 3 aromatic rings. The Morgan fingerprint density at radius 2 is 1.87 bits per heavy atom. The summed E-state index contributed by atoms with van der Waals surface area (Å²) in [5, 5.41) is 5.25. The van der Waals surface area contributed by atoms with Crippen molar-refractivity contribution in [2.75, 3.05) is 4.72 Å². The number of anilines is 1. The van der Waals surface area contributed by atoms with Crippen molar-refractivity contribution in [2.45, 2.75) is 31.9 Å². The van der Waals surface area contributed by atoms with E-state index in [0.29, 0.717) is 15.6 Å². The molecule has 7 heteroatoms. The van der Waals surface area contributed by atoms with Crippen molar-refractivity contribution in [3.05, 3.63) is 40.7 Å². The predicted molar refractivity (Wildman–Crippen MR) is 94.8 cm³/mol. The maximum absolute atomic E-state index is 12.9. The smallest absolute Gasteiger partial charge is 0.271 e. The molecule has 23 heavy (non-hydrogen) atoms. The quantitative estimate of drug-likeness (QED) is 0.785. The highest BCUT2D eigenvalue weighted by atomic mass is 32.2. The molecule has 0 bridgehead atoms. The number of fused-ring (bicyclic) bond motifs is 1. The second kappa shape index (κ2) is 5.35. The molecule has 0 unspecified atom stereocenters. The van der Waals surface area contributed by atoms with Gasteiger partial charge in [0.15, 0.2) is 0 Å². The fraction of sp³-hybridized carbons (Fsp3) is 0.312. The van der Waals surface area contributed by atoms with E-state index in [-0.39, 0.29) is 0 Å². The molecular weight excluding hydrogens is 330 g/mol. The van der Waals surface area contributed by atoms with Crippen molar-refractivity contribution < 1.29 is 8.42 Å². The minimum absolute atomic E-state index is 0.362. The van der Waals surface area contributed by atoms with Gasteiger partial charge in [0.2, 0.25) is 0 Å². The van der Waals surface area contributed by atoms with Gasteiger partial charge in [-0.05, 0) is 44.7 Å². The third-order valence-electron chi connectivity index (χ3n) is 4.04. The molecule has 2 aromatic heterocycles. The van der Waals surface area contributed by atoms with Gasteiger partial charge in [0.1, 0.15) is 4.21 Å². The van der Waals surface area contributed by atoms with Gasteiger partial charge < -0.3 is 0 Å². The summed E-state index contributed by atoms with van der Waals surface area (Å²) < 4.78 is 31.4. The molecule has 5 nitrogen and oxygen atoms in total. The highest BCUT2D eigenvalue weighted by Crippen LogP contribution is 2.36. The van der Waals surface area contributed by atoms with Crippen LogP contribution in [0.5, 0.6) is 0 Å². The van der Waals surface area contributed by atoms with Gasteiger partial charge in [-0.15, -0.1) is 11.3 Å². The maximum Gasteiger partial charge on any atom is 0.271 e. The molecule has 122 valence electrons. The van der Waals surface area contributed by atoms with E-state index < -0.39 is 10.0 Å². The van der Waals surface area contributed by atoms with Gasteiger partial charge >= 0.3 is 0 Å². The van der Waals surface area contributed by atoms with E-state index in [2.05, 4.69) is 9.82 Å². The lowest BCUT2D eigenvalue weighted by atomic mass is 10.1. The average Bonchev–Trinajstić information content (AvgIpc) is 2.92. The van der Waals surface area contributed by atoms with Crippen LogP contribution in [0.15, 0.2) is 22.4 Å². The van der Waals surface area contributed by atoms with Crippen molar-refractivity contribution >= 4 is 37.1 Å². The first-order chi connectivity index (χ1) is 10.7. The predicted octanol–water partition coefficient (Wildman–Crippen LogP) is 3.67.